The third kappa shape index (κ3) is 3.17. The maximum Gasteiger partial charge on any atom is 0.328 e. The first-order valence-corrected chi connectivity index (χ1v) is 6.95. The fourth-order valence-electron chi connectivity index (χ4n) is 2.27. The lowest BCUT2D eigenvalue weighted by atomic mass is 9.99. The molecule has 1 unspecified atom stereocenters. The topological polar surface area (TPSA) is 53.4 Å². The lowest BCUT2D eigenvalue weighted by Crippen LogP contribution is -2.30. The van der Waals surface area contributed by atoms with Gasteiger partial charge in [0.05, 0.1) is 15.6 Å². The number of thiazole rings is 1. The molecule has 1 aliphatic rings. The molecule has 1 aliphatic heterocycles. The van der Waals surface area contributed by atoms with E-state index >= 15 is 0 Å². The van der Waals surface area contributed by atoms with Crippen molar-refractivity contribution < 1.29 is 9.90 Å². The number of likely N-dealkylation sites (tertiary alicyclic amines) is 1. The maximum absolute atomic E-state index is 10.5. The van der Waals surface area contributed by atoms with Gasteiger partial charge in [-0.15, -0.1) is 11.3 Å². The molecule has 0 radical (unpaired) electrons. The molecule has 2 rings (SSSR count). The standard InChI is InChI=1S/C13H18N2O2S/c1-9-11(5-6-12(16)17)18-13(14-9)10-4-3-7-15(2)8-10/h5-6,10H,3-4,7-8H2,1-2H3,(H,16,17)/b6-5+. The van der Waals surface area contributed by atoms with Crippen LogP contribution in [0.2, 0.25) is 0 Å². The van der Waals surface area contributed by atoms with E-state index in [9.17, 15) is 4.79 Å². The molecule has 0 amide bonds. The first kappa shape index (κ1) is 13.2. The van der Waals surface area contributed by atoms with Gasteiger partial charge in [-0.3, -0.25) is 0 Å². The largest absolute Gasteiger partial charge is 0.478 e. The van der Waals surface area contributed by atoms with Crippen LogP contribution in [0.25, 0.3) is 6.08 Å². The zero-order valence-corrected chi connectivity index (χ0v) is 11.5. The van der Waals surface area contributed by atoms with Crippen LogP contribution in [0.4, 0.5) is 0 Å². The molecule has 0 aromatic carbocycles. The molecule has 0 bridgehead atoms. The molecule has 1 N–H and O–H groups in total. The van der Waals surface area contributed by atoms with E-state index in [0.717, 1.165) is 28.7 Å². The highest BCUT2D eigenvalue weighted by molar-refractivity contribution is 7.12. The van der Waals surface area contributed by atoms with Crippen LogP contribution in [0, 0.1) is 6.92 Å². The molecule has 0 saturated carbocycles. The number of nitrogens with zero attached hydrogens (tertiary/aromatic N) is 2. The van der Waals surface area contributed by atoms with Crippen LogP contribution >= 0.6 is 11.3 Å². The van der Waals surface area contributed by atoms with Crippen molar-refractivity contribution in [2.24, 2.45) is 0 Å². The first-order valence-electron chi connectivity index (χ1n) is 6.13. The molecule has 0 aliphatic carbocycles. The number of piperidine rings is 1. The minimum Gasteiger partial charge on any atom is -0.478 e. The van der Waals surface area contributed by atoms with Crippen molar-refractivity contribution in [1.82, 2.24) is 9.88 Å². The highest BCUT2D eigenvalue weighted by Crippen LogP contribution is 2.31. The summed E-state index contributed by atoms with van der Waals surface area (Å²) in [6.07, 6.45) is 5.21. The number of likely N-dealkylation sites (N-methyl/N-ethyl adjacent to an activating group) is 1. The Morgan fingerprint density at radius 3 is 3.06 bits per heavy atom. The SMILES string of the molecule is Cc1nc(C2CCCN(C)C2)sc1/C=C/C(=O)O. The molecule has 2 heterocycles. The summed E-state index contributed by atoms with van der Waals surface area (Å²) in [7, 11) is 2.14. The van der Waals surface area contributed by atoms with Gasteiger partial charge in [0, 0.05) is 18.5 Å². The summed E-state index contributed by atoms with van der Waals surface area (Å²) in [5, 5.41) is 9.79. The van der Waals surface area contributed by atoms with Crippen LogP contribution in [-0.4, -0.2) is 41.1 Å². The number of carboxylic acids is 1. The maximum atomic E-state index is 10.5. The predicted molar refractivity (Wildman–Crippen MR) is 73.0 cm³/mol. The number of aryl methyl sites for hydroxylation is 1. The molecule has 98 valence electrons. The van der Waals surface area contributed by atoms with Gasteiger partial charge in [-0.05, 0) is 39.4 Å². The second-order valence-electron chi connectivity index (χ2n) is 4.77. The summed E-state index contributed by atoms with van der Waals surface area (Å²) < 4.78 is 0. The van der Waals surface area contributed by atoms with Gasteiger partial charge in [0.15, 0.2) is 0 Å². The van der Waals surface area contributed by atoms with Crippen molar-refractivity contribution in [2.75, 3.05) is 20.1 Å². The summed E-state index contributed by atoms with van der Waals surface area (Å²) in [5.74, 6) is -0.416. The predicted octanol–water partition coefficient (Wildman–Crippen LogP) is 2.36. The fourth-order valence-corrected chi connectivity index (χ4v) is 3.37. The zero-order valence-electron chi connectivity index (χ0n) is 10.7. The third-order valence-electron chi connectivity index (χ3n) is 3.20. The highest BCUT2D eigenvalue weighted by Gasteiger charge is 2.22. The Balaban J connectivity index is 2.15. The van der Waals surface area contributed by atoms with Gasteiger partial charge >= 0.3 is 5.97 Å². The van der Waals surface area contributed by atoms with Crippen molar-refractivity contribution in [1.29, 1.82) is 0 Å². The lowest BCUT2D eigenvalue weighted by molar-refractivity contribution is -0.131. The molecule has 1 saturated heterocycles. The van der Waals surface area contributed by atoms with Gasteiger partial charge in [0.1, 0.15) is 0 Å². The number of carbonyl (C=O) groups is 1. The Labute approximate surface area is 111 Å². The van der Waals surface area contributed by atoms with E-state index in [0.29, 0.717) is 5.92 Å². The fraction of sp³-hybridized carbons (Fsp3) is 0.538. The van der Waals surface area contributed by atoms with Crippen LogP contribution in [0.5, 0.6) is 0 Å². The molecule has 18 heavy (non-hydrogen) atoms. The number of aliphatic carboxylic acids is 1. The Hall–Kier alpha value is -1.20. The summed E-state index contributed by atoms with van der Waals surface area (Å²) in [6, 6.07) is 0. The summed E-state index contributed by atoms with van der Waals surface area (Å²) in [6.45, 7) is 4.15. The first-order chi connectivity index (χ1) is 8.56. The van der Waals surface area contributed by atoms with E-state index in [2.05, 4.69) is 16.9 Å². The average molecular weight is 266 g/mol. The number of rotatable bonds is 3. The lowest BCUT2D eigenvalue weighted by Gasteiger charge is -2.28. The average Bonchev–Trinajstić information content (AvgIpc) is 2.68. The van der Waals surface area contributed by atoms with E-state index < -0.39 is 5.97 Å². The van der Waals surface area contributed by atoms with E-state index in [1.807, 2.05) is 6.92 Å². The van der Waals surface area contributed by atoms with Gasteiger partial charge in [-0.1, -0.05) is 0 Å². The molecular formula is C13H18N2O2S. The van der Waals surface area contributed by atoms with Crippen molar-refractivity contribution in [3.63, 3.8) is 0 Å². The van der Waals surface area contributed by atoms with Gasteiger partial charge < -0.3 is 10.0 Å². The second kappa shape index (κ2) is 5.63. The van der Waals surface area contributed by atoms with Gasteiger partial charge in [-0.2, -0.15) is 0 Å². The molecule has 1 atom stereocenters. The van der Waals surface area contributed by atoms with E-state index in [1.54, 1.807) is 17.4 Å². The minimum atomic E-state index is -0.915. The number of carboxylic acid groups (broad SMARTS) is 1. The van der Waals surface area contributed by atoms with Gasteiger partial charge in [0.25, 0.3) is 0 Å². The normalized spacial score (nSPS) is 21.6. The van der Waals surface area contributed by atoms with Crippen LogP contribution in [0.15, 0.2) is 6.08 Å². The molecule has 1 fully saturated rings. The summed E-state index contributed by atoms with van der Waals surface area (Å²) in [5.41, 5.74) is 0.931. The Kier molecular flexibility index (Phi) is 4.14. The quantitative estimate of drug-likeness (QED) is 0.853. The molecular weight excluding hydrogens is 248 g/mol. The van der Waals surface area contributed by atoms with Crippen LogP contribution in [0.3, 0.4) is 0 Å². The highest BCUT2D eigenvalue weighted by atomic mass is 32.1. The smallest absolute Gasteiger partial charge is 0.328 e. The van der Waals surface area contributed by atoms with Crippen molar-refractivity contribution in [3.05, 3.63) is 21.7 Å². The van der Waals surface area contributed by atoms with E-state index in [1.165, 1.54) is 18.9 Å². The van der Waals surface area contributed by atoms with Gasteiger partial charge in [0.2, 0.25) is 0 Å². The summed E-state index contributed by atoms with van der Waals surface area (Å²) in [4.78, 5) is 18.4. The molecule has 1 aromatic heterocycles. The second-order valence-corrected chi connectivity index (χ2v) is 5.84. The minimum absolute atomic E-state index is 0.499. The van der Waals surface area contributed by atoms with Crippen LogP contribution in [0.1, 0.15) is 34.3 Å². The number of hydrogen-bond acceptors (Lipinski definition) is 4. The van der Waals surface area contributed by atoms with Crippen LogP contribution in [-0.2, 0) is 4.79 Å². The number of aromatic nitrogens is 1. The molecule has 4 nitrogen and oxygen atoms in total. The molecule has 0 spiro atoms. The van der Waals surface area contributed by atoms with E-state index in [-0.39, 0.29) is 0 Å². The van der Waals surface area contributed by atoms with E-state index in [4.69, 9.17) is 5.11 Å². The molecule has 5 heteroatoms. The van der Waals surface area contributed by atoms with Crippen molar-refractivity contribution in [3.8, 4) is 0 Å². The Morgan fingerprint density at radius 1 is 1.61 bits per heavy atom. The van der Waals surface area contributed by atoms with Crippen LogP contribution < -0.4 is 0 Å². The van der Waals surface area contributed by atoms with Gasteiger partial charge in [-0.25, -0.2) is 9.78 Å². The van der Waals surface area contributed by atoms with Crippen molar-refractivity contribution >= 4 is 23.4 Å². The third-order valence-corrected chi connectivity index (χ3v) is 4.49. The number of hydrogen-bond donors (Lipinski definition) is 1. The Morgan fingerprint density at radius 2 is 2.39 bits per heavy atom. The Bertz CT molecular complexity index is 468. The summed E-state index contributed by atoms with van der Waals surface area (Å²) >= 11 is 1.62. The van der Waals surface area contributed by atoms with Crippen molar-refractivity contribution in [2.45, 2.75) is 25.7 Å². The zero-order chi connectivity index (χ0) is 13.1. The monoisotopic (exact) mass is 266 g/mol. The molecule has 1 aromatic rings.